The van der Waals surface area contributed by atoms with Gasteiger partial charge in [-0.1, -0.05) is 29.3 Å². The lowest BCUT2D eigenvalue weighted by molar-refractivity contribution is 0.0835. The van der Waals surface area contributed by atoms with Crippen molar-refractivity contribution in [1.29, 1.82) is 0 Å². The Morgan fingerprint density at radius 3 is 2.38 bits per heavy atom. The van der Waals surface area contributed by atoms with Crippen LogP contribution in [0.1, 0.15) is 10.4 Å². The monoisotopic (exact) mass is 411 g/mol. The Balaban J connectivity index is 1.96. The number of hydrogen-bond donors (Lipinski definition) is 2. The van der Waals surface area contributed by atoms with Crippen molar-refractivity contribution in [2.45, 2.75) is 6.10 Å². The minimum Gasteiger partial charge on any atom is -0.489 e. The molecule has 0 fully saturated rings. The summed E-state index contributed by atoms with van der Waals surface area (Å²) in [6.07, 6.45) is -1.31. The average molecular weight is 412 g/mol. The minimum atomic E-state index is -1.84. The molecule has 0 bridgehead atoms. The molecule has 1 atom stereocenters. The summed E-state index contributed by atoms with van der Waals surface area (Å²) in [6.45, 7) is -0.850. The first-order chi connectivity index (χ1) is 12.2. The van der Waals surface area contributed by atoms with Gasteiger partial charge in [-0.05, 0) is 12.1 Å². The number of rotatable bonds is 6. The molecule has 0 spiro atoms. The first-order valence-corrected chi connectivity index (χ1v) is 7.84. The lowest BCUT2D eigenvalue weighted by atomic mass is 10.1. The SMILES string of the molecule is O=C(NC[C@@H](O)COc1cccc(Cl)c1Cl)c1c(F)c(F)cc(F)c1F. The molecule has 0 saturated heterocycles. The predicted octanol–water partition coefficient (Wildman–Crippen LogP) is 3.72. The van der Waals surface area contributed by atoms with E-state index in [0.29, 0.717) is 0 Å². The average Bonchev–Trinajstić information content (AvgIpc) is 2.59. The van der Waals surface area contributed by atoms with Gasteiger partial charge in [0.25, 0.3) is 5.91 Å². The van der Waals surface area contributed by atoms with Gasteiger partial charge >= 0.3 is 0 Å². The van der Waals surface area contributed by atoms with Gasteiger partial charge in [0, 0.05) is 12.6 Å². The molecule has 0 unspecified atom stereocenters. The normalized spacial score (nSPS) is 12.0. The highest BCUT2D eigenvalue weighted by Gasteiger charge is 2.25. The molecule has 0 aliphatic carbocycles. The number of halogens is 6. The van der Waals surface area contributed by atoms with E-state index in [0.717, 1.165) is 0 Å². The van der Waals surface area contributed by atoms with Crippen LogP contribution in [0.25, 0.3) is 0 Å². The third kappa shape index (κ3) is 4.57. The molecular formula is C16H11Cl2F4NO3. The third-order valence-electron chi connectivity index (χ3n) is 3.18. The first-order valence-electron chi connectivity index (χ1n) is 7.08. The summed E-state index contributed by atoms with van der Waals surface area (Å²) < 4.78 is 58.4. The number of carbonyl (C=O) groups excluding carboxylic acids is 1. The fourth-order valence-electron chi connectivity index (χ4n) is 1.91. The van der Waals surface area contributed by atoms with Crippen molar-refractivity contribution in [3.05, 3.63) is 63.1 Å². The lowest BCUT2D eigenvalue weighted by Gasteiger charge is -2.15. The predicted molar refractivity (Wildman–Crippen MR) is 86.6 cm³/mol. The van der Waals surface area contributed by atoms with Crippen LogP contribution in [0.5, 0.6) is 5.75 Å². The van der Waals surface area contributed by atoms with Crippen molar-refractivity contribution in [3.8, 4) is 5.75 Å². The molecule has 0 saturated carbocycles. The molecule has 26 heavy (non-hydrogen) atoms. The molecule has 1 amide bonds. The number of amides is 1. The first kappa shape index (κ1) is 20.3. The number of carbonyl (C=O) groups is 1. The van der Waals surface area contributed by atoms with Crippen LogP contribution in [0, 0.1) is 23.3 Å². The maximum atomic E-state index is 13.5. The molecule has 140 valence electrons. The Kier molecular flexibility index (Phi) is 6.69. The van der Waals surface area contributed by atoms with Crippen LogP contribution in [-0.4, -0.2) is 30.3 Å². The molecule has 0 aromatic heterocycles. The molecule has 2 aromatic carbocycles. The van der Waals surface area contributed by atoms with Gasteiger partial charge in [0.2, 0.25) is 0 Å². The second-order valence-electron chi connectivity index (χ2n) is 5.07. The van der Waals surface area contributed by atoms with Gasteiger partial charge < -0.3 is 15.2 Å². The third-order valence-corrected chi connectivity index (χ3v) is 3.99. The van der Waals surface area contributed by atoms with Crippen molar-refractivity contribution in [2.24, 2.45) is 0 Å². The smallest absolute Gasteiger partial charge is 0.257 e. The largest absolute Gasteiger partial charge is 0.489 e. The van der Waals surface area contributed by atoms with Crippen LogP contribution < -0.4 is 10.1 Å². The molecule has 0 heterocycles. The second-order valence-corrected chi connectivity index (χ2v) is 5.86. The molecule has 0 aliphatic rings. The van der Waals surface area contributed by atoms with Crippen LogP contribution in [0.4, 0.5) is 17.6 Å². The Hall–Kier alpha value is -2.03. The fourth-order valence-corrected chi connectivity index (χ4v) is 2.26. The quantitative estimate of drug-likeness (QED) is 0.562. The zero-order chi connectivity index (χ0) is 19.4. The highest BCUT2D eigenvalue weighted by molar-refractivity contribution is 6.42. The fraction of sp³-hybridized carbons (Fsp3) is 0.188. The Morgan fingerprint density at radius 1 is 1.15 bits per heavy atom. The van der Waals surface area contributed by atoms with Crippen molar-refractivity contribution in [2.75, 3.05) is 13.2 Å². The van der Waals surface area contributed by atoms with Gasteiger partial charge in [0.1, 0.15) is 29.0 Å². The number of ether oxygens (including phenoxy) is 1. The number of nitrogens with one attached hydrogen (secondary N) is 1. The summed E-state index contributed by atoms with van der Waals surface area (Å²) in [7, 11) is 0. The topological polar surface area (TPSA) is 58.6 Å². The van der Waals surface area contributed by atoms with Crippen molar-refractivity contribution in [1.82, 2.24) is 5.32 Å². The summed E-state index contributed by atoms with van der Waals surface area (Å²) in [6, 6.07) is 4.55. The lowest BCUT2D eigenvalue weighted by Crippen LogP contribution is -2.36. The van der Waals surface area contributed by atoms with E-state index in [9.17, 15) is 27.5 Å². The number of hydrogen-bond acceptors (Lipinski definition) is 3. The molecular weight excluding hydrogens is 401 g/mol. The number of aliphatic hydroxyl groups excluding tert-OH is 1. The van der Waals surface area contributed by atoms with Crippen molar-refractivity contribution >= 4 is 29.1 Å². The Bertz CT molecular complexity index is 809. The molecule has 0 aliphatic heterocycles. The van der Waals surface area contributed by atoms with E-state index in [1.165, 1.54) is 12.1 Å². The molecule has 10 heteroatoms. The van der Waals surface area contributed by atoms with E-state index in [-0.39, 0.29) is 28.5 Å². The summed E-state index contributed by atoms with van der Waals surface area (Å²) in [5, 5.41) is 12.1. The van der Waals surface area contributed by atoms with E-state index in [1.807, 2.05) is 5.32 Å². The van der Waals surface area contributed by atoms with E-state index in [4.69, 9.17) is 27.9 Å². The van der Waals surface area contributed by atoms with Crippen LogP contribution in [0.15, 0.2) is 24.3 Å². The highest BCUT2D eigenvalue weighted by Crippen LogP contribution is 2.31. The minimum absolute atomic E-state index is 0.0150. The molecule has 0 radical (unpaired) electrons. The van der Waals surface area contributed by atoms with Crippen LogP contribution in [0.2, 0.25) is 10.0 Å². The summed E-state index contributed by atoms with van der Waals surface area (Å²) in [5.74, 6) is -8.36. The van der Waals surface area contributed by atoms with E-state index < -0.39 is 47.4 Å². The van der Waals surface area contributed by atoms with Crippen molar-refractivity contribution < 1.29 is 32.2 Å². The molecule has 2 aromatic rings. The van der Waals surface area contributed by atoms with Crippen LogP contribution in [0.3, 0.4) is 0 Å². The van der Waals surface area contributed by atoms with Crippen LogP contribution in [-0.2, 0) is 0 Å². The van der Waals surface area contributed by atoms with Gasteiger partial charge in [-0.25, -0.2) is 17.6 Å². The van der Waals surface area contributed by atoms with E-state index in [1.54, 1.807) is 6.07 Å². The summed E-state index contributed by atoms with van der Waals surface area (Å²) in [5.41, 5.74) is -1.42. The molecule has 2 rings (SSSR count). The van der Waals surface area contributed by atoms with Gasteiger partial charge in [-0.2, -0.15) is 0 Å². The number of aliphatic hydroxyl groups is 1. The standard InChI is InChI=1S/C16H11Cl2F4NO3/c17-8-2-1-3-11(13(8)18)26-6-7(24)5-23-16(25)12-14(21)9(19)4-10(20)15(12)22/h1-4,7,24H,5-6H2,(H,23,25)/t7-/m1/s1. The summed E-state index contributed by atoms with van der Waals surface area (Å²) >= 11 is 11.7. The molecule has 2 N–H and O–H groups in total. The Morgan fingerprint density at radius 2 is 1.77 bits per heavy atom. The Labute approximate surface area is 155 Å². The zero-order valence-corrected chi connectivity index (χ0v) is 14.3. The van der Waals surface area contributed by atoms with Gasteiger partial charge in [-0.3, -0.25) is 4.79 Å². The maximum absolute atomic E-state index is 13.5. The van der Waals surface area contributed by atoms with E-state index >= 15 is 0 Å². The van der Waals surface area contributed by atoms with Gasteiger partial charge in [0.15, 0.2) is 23.3 Å². The van der Waals surface area contributed by atoms with Crippen LogP contribution >= 0.6 is 23.2 Å². The van der Waals surface area contributed by atoms with Crippen molar-refractivity contribution in [3.63, 3.8) is 0 Å². The van der Waals surface area contributed by atoms with Gasteiger partial charge in [0.05, 0.1) is 5.02 Å². The maximum Gasteiger partial charge on any atom is 0.257 e. The van der Waals surface area contributed by atoms with Gasteiger partial charge in [-0.15, -0.1) is 0 Å². The summed E-state index contributed by atoms with van der Waals surface area (Å²) in [4.78, 5) is 11.8. The molecule has 4 nitrogen and oxygen atoms in total. The number of benzene rings is 2. The second kappa shape index (κ2) is 8.57. The zero-order valence-electron chi connectivity index (χ0n) is 12.8. The van der Waals surface area contributed by atoms with E-state index in [2.05, 4.69) is 0 Å². The highest BCUT2D eigenvalue weighted by atomic mass is 35.5.